The van der Waals surface area contributed by atoms with Gasteiger partial charge in [-0.15, -0.1) is 17.3 Å². The number of nitrogens with zero attached hydrogens (tertiary/aromatic N) is 1. The number of halogens is 1. The van der Waals surface area contributed by atoms with Crippen molar-refractivity contribution in [3.8, 4) is 5.75 Å². The number of anilines is 1. The van der Waals surface area contributed by atoms with Crippen molar-refractivity contribution in [1.29, 1.82) is 0 Å². The molecule has 1 unspecified atom stereocenters. The van der Waals surface area contributed by atoms with Crippen LogP contribution in [0.5, 0.6) is 5.75 Å². The van der Waals surface area contributed by atoms with Gasteiger partial charge in [-0.2, -0.15) is 0 Å². The maximum atomic E-state index is 12.3. The Balaban J connectivity index is 2.12. The fourth-order valence-electron chi connectivity index (χ4n) is 1.79. The lowest BCUT2D eigenvalue weighted by atomic mass is 10.3. The maximum absolute atomic E-state index is 12.3. The topological polar surface area (TPSA) is 86.6 Å². The predicted molar refractivity (Wildman–Crippen MR) is 93.6 cm³/mol. The number of hydrogen-bond acceptors (Lipinski definition) is 4. The van der Waals surface area contributed by atoms with Crippen LogP contribution in [0.1, 0.15) is 6.92 Å². The molecule has 2 aromatic carbocycles. The van der Waals surface area contributed by atoms with Crippen molar-refractivity contribution in [2.75, 3.05) is 12.4 Å². The van der Waals surface area contributed by atoms with Crippen molar-refractivity contribution in [2.45, 2.75) is 17.2 Å². The van der Waals surface area contributed by atoms with Crippen LogP contribution in [0.4, 0.5) is 11.4 Å². The molecule has 1 N–H and O–H groups in total. The van der Waals surface area contributed by atoms with E-state index in [-0.39, 0.29) is 10.8 Å². The summed E-state index contributed by atoms with van der Waals surface area (Å²) in [5.41, 5.74) is 0.750. The molecule has 1 atom stereocenters. The lowest BCUT2D eigenvalue weighted by Gasteiger charge is -2.22. The van der Waals surface area contributed by atoms with Crippen molar-refractivity contribution < 1.29 is 17.9 Å². The summed E-state index contributed by atoms with van der Waals surface area (Å²) >= 11 is 5.66. The fraction of sp³-hybridized carbons (Fsp3) is 0.188. The highest BCUT2D eigenvalue weighted by Gasteiger charge is 2.10. The third kappa shape index (κ3) is 4.62. The van der Waals surface area contributed by atoms with Crippen LogP contribution >= 0.6 is 11.6 Å². The predicted octanol–water partition coefficient (Wildman–Crippen LogP) is 3.66. The molecule has 6 nitrogen and oxygen atoms in total. The third-order valence-electron chi connectivity index (χ3n) is 3.08. The van der Waals surface area contributed by atoms with Crippen LogP contribution in [-0.4, -0.2) is 26.8 Å². The summed E-state index contributed by atoms with van der Waals surface area (Å²) in [7, 11) is -2.33. The maximum Gasteiger partial charge on any atom is 0.242 e. The number of amides is 1. The highest BCUT2D eigenvalue weighted by atomic mass is 35.5. The molecule has 0 saturated carbocycles. The Hall–Kier alpha value is -2.25. The second kappa shape index (κ2) is 7.55. The molecule has 0 bridgehead atoms. The van der Waals surface area contributed by atoms with Gasteiger partial charge in [0.2, 0.25) is 5.91 Å². The normalized spacial score (nSPS) is 12.3. The number of rotatable bonds is 6. The molecule has 24 heavy (non-hydrogen) atoms. The van der Waals surface area contributed by atoms with Crippen LogP contribution in [-0.2, 0) is 14.8 Å². The molecule has 2 aromatic rings. The molecule has 2 rings (SSSR count). The molecule has 0 saturated heterocycles. The first-order valence-corrected chi connectivity index (χ1v) is 8.86. The largest absolute Gasteiger partial charge is 0.573 e. The number of carbonyl (C=O) groups excluding carboxylic acids is 1. The monoisotopic (exact) mass is 367 g/mol. The lowest BCUT2D eigenvalue weighted by molar-refractivity contribution is -0.115. The van der Waals surface area contributed by atoms with E-state index < -0.39 is 15.4 Å². The van der Waals surface area contributed by atoms with Gasteiger partial charge in [0.15, 0.2) is 0 Å². The highest BCUT2D eigenvalue weighted by molar-refractivity contribution is 7.94. The van der Waals surface area contributed by atoms with Crippen LogP contribution in [0.3, 0.4) is 0 Å². The second-order valence-electron chi connectivity index (χ2n) is 4.89. The van der Waals surface area contributed by atoms with Crippen LogP contribution in [0.25, 0.3) is 4.72 Å². The molecule has 0 aliphatic carbocycles. The highest BCUT2D eigenvalue weighted by Crippen LogP contribution is 2.29. The standard InChI is InChI=1S/C16H16ClN2O4S/c1-11(17)16(20)18-12-5-9-15(10-6-12)24(21,22)19-13-3-7-14(23-2)8-4-13/h3-11H,1-2H3,(H,18,20)/q-1. The van der Waals surface area contributed by atoms with Gasteiger partial charge >= 0.3 is 0 Å². The van der Waals surface area contributed by atoms with Gasteiger partial charge in [-0.1, -0.05) is 12.1 Å². The second-order valence-corrected chi connectivity index (χ2v) is 7.15. The number of hydrogen-bond donors (Lipinski definition) is 1. The molecule has 0 aliphatic rings. The van der Waals surface area contributed by atoms with Crippen molar-refractivity contribution in [2.24, 2.45) is 0 Å². The Kier molecular flexibility index (Phi) is 5.69. The number of sulfonamides is 1. The quantitative estimate of drug-likeness (QED) is 0.789. The van der Waals surface area contributed by atoms with E-state index in [1.54, 1.807) is 31.2 Å². The zero-order chi connectivity index (χ0) is 17.7. The first kappa shape index (κ1) is 18.1. The molecule has 1 amide bonds. The van der Waals surface area contributed by atoms with E-state index in [0.717, 1.165) is 0 Å². The molecule has 0 fully saturated rings. The Morgan fingerprint density at radius 2 is 1.71 bits per heavy atom. The molecule has 128 valence electrons. The van der Waals surface area contributed by atoms with Gasteiger partial charge in [0.25, 0.3) is 0 Å². The van der Waals surface area contributed by atoms with E-state index in [0.29, 0.717) is 17.1 Å². The zero-order valence-electron chi connectivity index (χ0n) is 13.1. The Morgan fingerprint density at radius 3 is 2.21 bits per heavy atom. The zero-order valence-corrected chi connectivity index (χ0v) is 14.6. The van der Waals surface area contributed by atoms with E-state index in [9.17, 15) is 13.2 Å². The summed E-state index contributed by atoms with van der Waals surface area (Å²) in [5.74, 6) is 0.246. The van der Waals surface area contributed by atoms with E-state index in [2.05, 4.69) is 10.0 Å². The minimum Gasteiger partial charge on any atom is -0.573 e. The van der Waals surface area contributed by atoms with Crippen LogP contribution in [0, 0.1) is 0 Å². The molecule has 8 heteroatoms. The number of ether oxygens (including phenoxy) is 1. The fourth-order valence-corrected chi connectivity index (χ4v) is 2.83. The first-order chi connectivity index (χ1) is 11.3. The van der Waals surface area contributed by atoms with E-state index >= 15 is 0 Å². The van der Waals surface area contributed by atoms with Gasteiger partial charge in [0.05, 0.1) is 12.0 Å². The Morgan fingerprint density at radius 1 is 1.12 bits per heavy atom. The number of methoxy groups -OCH3 is 1. The Labute approximate surface area is 145 Å². The number of nitrogens with one attached hydrogen (secondary N) is 1. The van der Waals surface area contributed by atoms with E-state index in [4.69, 9.17) is 16.3 Å². The molecular weight excluding hydrogens is 352 g/mol. The van der Waals surface area contributed by atoms with Crippen LogP contribution in [0.2, 0.25) is 0 Å². The minimum atomic E-state index is -3.85. The number of alkyl halides is 1. The van der Waals surface area contributed by atoms with Crippen molar-refractivity contribution >= 4 is 38.9 Å². The van der Waals surface area contributed by atoms with Gasteiger partial charge in [-0.05, 0) is 43.3 Å². The first-order valence-electron chi connectivity index (χ1n) is 6.99. The average Bonchev–Trinajstić information content (AvgIpc) is 2.55. The minimum absolute atomic E-state index is 0.0234. The molecular formula is C16H16ClN2O4S-. The molecule has 0 aromatic heterocycles. The third-order valence-corrected chi connectivity index (χ3v) is 4.60. The number of benzene rings is 2. The van der Waals surface area contributed by atoms with E-state index in [1.165, 1.54) is 31.4 Å². The summed E-state index contributed by atoms with van der Waals surface area (Å²) < 4.78 is 33.4. The van der Waals surface area contributed by atoms with Gasteiger partial charge < -0.3 is 14.8 Å². The van der Waals surface area contributed by atoms with Crippen molar-refractivity contribution in [3.63, 3.8) is 0 Å². The van der Waals surface area contributed by atoms with Gasteiger partial charge in [0, 0.05) is 5.69 Å². The molecule has 0 heterocycles. The number of carbonyl (C=O) groups is 1. The smallest absolute Gasteiger partial charge is 0.242 e. The van der Waals surface area contributed by atoms with E-state index in [1.807, 2.05) is 0 Å². The van der Waals surface area contributed by atoms with Crippen molar-refractivity contribution in [1.82, 2.24) is 0 Å². The summed E-state index contributed by atoms with van der Waals surface area (Å²) in [6.07, 6.45) is 0. The molecule has 0 radical (unpaired) electrons. The lowest BCUT2D eigenvalue weighted by Crippen LogP contribution is -2.20. The van der Waals surface area contributed by atoms with Crippen LogP contribution in [0.15, 0.2) is 53.4 Å². The van der Waals surface area contributed by atoms with Gasteiger partial charge in [-0.3, -0.25) is 4.79 Å². The van der Waals surface area contributed by atoms with Crippen LogP contribution < -0.4 is 10.1 Å². The summed E-state index contributed by atoms with van der Waals surface area (Å²) in [6, 6.07) is 12.1. The average molecular weight is 368 g/mol. The van der Waals surface area contributed by atoms with Crippen molar-refractivity contribution in [3.05, 3.63) is 53.3 Å². The van der Waals surface area contributed by atoms with Gasteiger partial charge in [0.1, 0.15) is 21.1 Å². The summed E-state index contributed by atoms with van der Waals surface area (Å²) in [6.45, 7) is 1.55. The molecule has 0 aliphatic heterocycles. The summed E-state index contributed by atoms with van der Waals surface area (Å²) in [4.78, 5) is 11.5. The SMILES string of the molecule is COc1ccc([N-]S(=O)(=O)c2ccc(NC(=O)C(C)Cl)cc2)cc1. The Bertz CT molecular complexity index is 803. The summed E-state index contributed by atoms with van der Waals surface area (Å²) in [5, 5.41) is 1.89. The van der Waals surface area contributed by atoms with Gasteiger partial charge in [-0.25, -0.2) is 8.42 Å². The molecule has 0 spiro atoms.